The predicted octanol–water partition coefficient (Wildman–Crippen LogP) is 0.936. The average Bonchev–Trinajstić information content (AvgIpc) is 3.21. The van der Waals surface area contributed by atoms with Gasteiger partial charge in [-0.05, 0) is 52.4 Å². The second-order valence-corrected chi connectivity index (χ2v) is 17.8. The van der Waals surface area contributed by atoms with Gasteiger partial charge in [0.2, 0.25) is 0 Å². The summed E-state index contributed by atoms with van der Waals surface area (Å²) >= 11 is 0. The molecule has 2 fully saturated rings. The number of cyclic esters (lactones) is 1. The van der Waals surface area contributed by atoms with E-state index in [4.69, 9.17) is 24.7 Å². The van der Waals surface area contributed by atoms with Crippen LogP contribution in [0.4, 0.5) is 0 Å². The van der Waals surface area contributed by atoms with Crippen molar-refractivity contribution in [3.05, 3.63) is 72.9 Å². The maximum Gasteiger partial charge on any atom is 0.311 e. The molecule has 3 heterocycles. The van der Waals surface area contributed by atoms with E-state index < -0.39 is 141 Å². The molecule has 2 saturated heterocycles. The number of fused-ring (bicyclic) bond motifs is 2. The molecule has 2 bridgehead atoms. The topological polar surface area (TPSA) is 320 Å². The number of carbonyl (C=O) groups excluding carboxylic acids is 1. The maximum absolute atomic E-state index is 12.6. The van der Waals surface area contributed by atoms with Gasteiger partial charge in [-0.25, -0.2) is 0 Å². The van der Waals surface area contributed by atoms with Crippen molar-refractivity contribution in [1.29, 1.82) is 0 Å². The van der Waals surface area contributed by atoms with Crippen molar-refractivity contribution < 1.29 is 84.7 Å². The second kappa shape index (κ2) is 27.6. The number of carboxylic acid groups (broad SMARTS) is 1. The molecule has 65 heavy (non-hydrogen) atoms. The molecular formula is C47H75NO17. The fraction of sp³-hybridized carbons (Fsp3) is 0.702. The molecule has 18 heteroatoms. The fourth-order valence-electron chi connectivity index (χ4n) is 8.11. The third-order valence-corrected chi connectivity index (χ3v) is 12.2. The van der Waals surface area contributed by atoms with Gasteiger partial charge in [-0.3, -0.25) is 9.59 Å². The molecule has 0 aromatic carbocycles. The summed E-state index contributed by atoms with van der Waals surface area (Å²) < 4.78 is 23.2. The first-order valence-electron chi connectivity index (χ1n) is 22.6. The van der Waals surface area contributed by atoms with Crippen LogP contribution in [-0.2, 0) is 28.5 Å². The Hall–Kier alpha value is -3.18. The monoisotopic (exact) mass is 926 g/mol. The van der Waals surface area contributed by atoms with Gasteiger partial charge in [0.25, 0.3) is 0 Å². The summed E-state index contributed by atoms with van der Waals surface area (Å²) in [5.74, 6) is -6.82. The molecule has 19 atom stereocenters. The zero-order valence-corrected chi connectivity index (χ0v) is 37.8. The summed E-state index contributed by atoms with van der Waals surface area (Å²) in [5.41, 5.74) is 6.02. The Morgan fingerprint density at radius 1 is 0.692 bits per heavy atom. The molecule has 0 radical (unpaired) electrons. The predicted molar refractivity (Wildman–Crippen MR) is 237 cm³/mol. The first-order chi connectivity index (χ1) is 30.6. The molecule has 13 N–H and O–H groups in total. The zero-order chi connectivity index (χ0) is 48.4. The lowest BCUT2D eigenvalue weighted by Crippen LogP contribution is -2.61. The number of aliphatic hydroxyl groups excluding tert-OH is 9. The molecule has 3 aliphatic heterocycles. The maximum atomic E-state index is 12.6. The quantitative estimate of drug-likeness (QED) is 0.175. The van der Waals surface area contributed by atoms with E-state index in [9.17, 15) is 65.8 Å². The Bertz CT molecular complexity index is 1620. The third kappa shape index (κ3) is 18.8. The molecule has 0 unspecified atom stereocenters. The normalized spacial score (nSPS) is 45.2. The first kappa shape index (κ1) is 56.1. The van der Waals surface area contributed by atoms with Crippen molar-refractivity contribution in [2.24, 2.45) is 23.5 Å². The lowest BCUT2D eigenvalue weighted by Gasteiger charge is -2.45. The lowest BCUT2D eigenvalue weighted by atomic mass is 9.82. The molecule has 3 aliphatic rings. The van der Waals surface area contributed by atoms with Crippen molar-refractivity contribution in [2.45, 2.75) is 189 Å². The number of carboxylic acids is 1. The lowest BCUT2D eigenvalue weighted by molar-refractivity contribution is -0.310. The number of rotatable bonds is 3. The van der Waals surface area contributed by atoms with Gasteiger partial charge >= 0.3 is 11.9 Å². The minimum atomic E-state index is -2.35. The van der Waals surface area contributed by atoms with Crippen molar-refractivity contribution in [1.82, 2.24) is 0 Å². The molecule has 0 aromatic rings. The van der Waals surface area contributed by atoms with Gasteiger partial charge in [0.05, 0.1) is 79.6 Å². The van der Waals surface area contributed by atoms with E-state index in [0.29, 0.717) is 0 Å². The van der Waals surface area contributed by atoms with E-state index in [1.54, 1.807) is 38.2 Å². The SMILES string of the molecule is C[C@@H]1[C@H](O)[C@@H](C)/C=C\C=C/CC\C=C/C=C\C=C/C=C\[C@H](O[C@H]2O[C@H](C)[C@@H](O)[C@H](N)[C@@H]2O)C[C@H]2O[C@](O)(C[C@@H](O)[C@@H](O)CC[C@@H](O)C[C@@H](O)C[C@@H](O)CC(=O)O[C@H]1C)C[C@H](O)[C@H]2C(=O)O. The second-order valence-electron chi connectivity index (χ2n) is 17.8. The van der Waals surface area contributed by atoms with Gasteiger partial charge in [-0.2, -0.15) is 0 Å². The molecule has 370 valence electrons. The molecule has 0 spiro atoms. The standard InChI is InChI=1S/C47H75NO17/c1-27-17-15-13-11-9-7-5-6-8-10-12-14-16-18-34(64-46-44(58)41(48)43(57)30(4)63-46)24-38-40(45(59)60)37(54)26-47(61,65-38)25-36(53)35(52)20-19-31(49)21-32(50)22-33(51)23-39(55)62-29(3)28(2)42(27)56/h5-6,8,10-18,27-38,40-44,46,49-54,56-58,61H,7,9,19-26,48H2,1-4H3,(H,59,60)/b6-5-,10-8-,13-11-,14-12-,17-15-,18-16-/t27-,28-,29-,30+,31+,32+,33+,34-,35-,36+,37-,38+,40+,41-,42+,43+,44-,46+,47+/m0/s1. The van der Waals surface area contributed by atoms with E-state index in [0.717, 1.165) is 12.8 Å². The Balaban J connectivity index is 1.84. The van der Waals surface area contributed by atoms with Gasteiger partial charge in [0, 0.05) is 31.1 Å². The number of ether oxygens (including phenoxy) is 4. The van der Waals surface area contributed by atoms with E-state index >= 15 is 0 Å². The number of carbonyl (C=O) groups is 2. The van der Waals surface area contributed by atoms with Crippen LogP contribution in [0.25, 0.3) is 0 Å². The van der Waals surface area contributed by atoms with Crippen LogP contribution in [0.15, 0.2) is 72.9 Å². The fourth-order valence-corrected chi connectivity index (χ4v) is 8.11. The number of allylic oxidation sites excluding steroid dienone is 10. The van der Waals surface area contributed by atoms with E-state index in [-0.39, 0.29) is 38.0 Å². The van der Waals surface area contributed by atoms with Crippen LogP contribution in [0, 0.1) is 17.8 Å². The van der Waals surface area contributed by atoms with Crippen molar-refractivity contribution in [3.63, 3.8) is 0 Å². The van der Waals surface area contributed by atoms with Crippen molar-refractivity contribution >= 4 is 11.9 Å². The molecule has 0 aromatic heterocycles. The summed E-state index contributed by atoms with van der Waals surface area (Å²) in [6.07, 6.45) is 2.28. The Labute approximate surface area is 381 Å². The number of nitrogens with two attached hydrogens (primary N) is 1. The van der Waals surface area contributed by atoms with Crippen LogP contribution in [-0.4, -0.2) is 166 Å². The van der Waals surface area contributed by atoms with Gasteiger partial charge in [-0.15, -0.1) is 0 Å². The van der Waals surface area contributed by atoms with Gasteiger partial charge < -0.3 is 80.9 Å². The van der Waals surface area contributed by atoms with Crippen molar-refractivity contribution in [3.8, 4) is 0 Å². The Kier molecular flexibility index (Phi) is 23.8. The molecule has 18 nitrogen and oxygen atoms in total. The molecule has 0 amide bonds. The zero-order valence-electron chi connectivity index (χ0n) is 37.8. The smallest absolute Gasteiger partial charge is 0.311 e. The summed E-state index contributed by atoms with van der Waals surface area (Å²) in [6, 6.07) is -1.14. The number of aliphatic carboxylic acids is 1. The summed E-state index contributed by atoms with van der Waals surface area (Å²) in [6.45, 7) is 6.78. The van der Waals surface area contributed by atoms with Gasteiger partial charge in [0.1, 0.15) is 18.1 Å². The molecule has 0 aliphatic carbocycles. The van der Waals surface area contributed by atoms with E-state index in [1.807, 2.05) is 49.5 Å². The highest BCUT2D eigenvalue weighted by atomic mass is 16.7. The molecule has 3 rings (SSSR count). The molecular weight excluding hydrogens is 851 g/mol. The third-order valence-electron chi connectivity index (χ3n) is 12.2. The van der Waals surface area contributed by atoms with Crippen LogP contribution in [0.3, 0.4) is 0 Å². The highest BCUT2D eigenvalue weighted by Gasteiger charge is 2.51. The van der Waals surface area contributed by atoms with Crippen LogP contribution < -0.4 is 5.73 Å². The summed E-state index contributed by atoms with van der Waals surface area (Å²) in [4.78, 5) is 25.1. The van der Waals surface area contributed by atoms with Crippen molar-refractivity contribution in [2.75, 3.05) is 0 Å². The number of aliphatic hydroxyl groups is 10. The summed E-state index contributed by atoms with van der Waals surface area (Å²) in [5, 5.41) is 118. The Morgan fingerprint density at radius 2 is 1.28 bits per heavy atom. The average molecular weight is 926 g/mol. The van der Waals surface area contributed by atoms with Crippen LogP contribution >= 0.6 is 0 Å². The van der Waals surface area contributed by atoms with Gasteiger partial charge in [-0.1, -0.05) is 86.8 Å². The van der Waals surface area contributed by atoms with Crippen LogP contribution in [0.5, 0.6) is 0 Å². The summed E-state index contributed by atoms with van der Waals surface area (Å²) in [7, 11) is 0. The Morgan fingerprint density at radius 3 is 1.94 bits per heavy atom. The largest absolute Gasteiger partial charge is 0.481 e. The van der Waals surface area contributed by atoms with E-state index in [1.165, 1.54) is 13.0 Å². The van der Waals surface area contributed by atoms with Gasteiger partial charge in [0.15, 0.2) is 12.1 Å². The highest BCUT2D eigenvalue weighted by Crippen LogP contribution is 2.38. The number of esters is 1. The van der Waals surface area contributed by atoms with E-state index in [2.05, 4.69) is 0 Å². The first-order valence-corrected chi connectivity index (χ1v) is 22.6. The number of hydrogen-bond donors (Lipinski definition) is 12. The molecule has 0 saturated carbocycles. The minimum absolute atomic E-state index is 0.138. The highest BCUT2D eigenvalue weighted by molar-refractivity contribution is 5.71. The minimum Gasteiger partial charge on any atom is -0.481 e. The number of hydrogen-bond acceptors (Lipinski definition) is 17. The van der Waals surface area contributed by atoms with Crippen LogP contribution in [0.2, 0.25) is 0 Å². The van der Waals surface area contributed by atoms with Crippen LogP contribution in [0.1, 0.15) is 91.9 Å².